The Balaban J connectivity index is 2.36. The van der Waals surface area contributed by atoms with Crippen LogP contribution in [0.2, 0.25) is 0 Å². The van der Waals surface area contributed by atoms with Crippen LogP contribution >= 0.6 is 0 Å². The molecule has 3 nitrogen and oxygen atoms in total. The number of carbonyl (C=O) groups excluding carboxylic acids is 1. The predicted octanol–water partition coefficient (Wildman–Crippen LogP) is 1.93. The van der Waals surface area contributed by atoms with Gasteiger partial charge in [-0.3, -0.25) is 4.79 Å². The van der Waals surface area contributed by atoms with Gasteiger partial charge >= 0.3 is 0 Å². The summed E-state index contributed by atoms with van der Waals surface area (Å²) in [5.41, 5.74) is 0.653. The van der Waals surface area contributed by atoms with Crippen LogP contribution in [0.5, 0.6) is 0 Å². The highest BCUT2D eigenvalue weighted by Crippen LogP contribution is 2.54. The third-order valence-electron chi connectivity index (χ3n) is 5.49. The van der Waals surface area contributed by atoms with E-state index in [4.69, 9.17) is 0 Å². The zero-order chi connectivity index (χ0) is 13.7. The van der Waals surface area contributed by atoms with Crippen molar-refractivity contribution in [2.24, 2.45) is 23.2 Å². The van der Waals surface area contributed by atoms with Gasteiger partial charge in [0.05, 0.1) is 6.10 Å². The maximum absolute atomic E-state index is 12.2. The van der Waals surface area contributed by atoms with Gasteiger partial charge in [-0.05, 0) is 43.4 Å². The van der Waals surface area contributed by atoms with E-state index in [1.807, 2.05) is 13.8 Å². The molecule has 0 aromatic rings. The molecular formula is C15H24O3. The molecule has 2 aliphatic rings. The summed E-state index contributed by atoms with van der Waals surface area (Å²) in [5.74, 6) is -0.234. The number of ketones is 1. The Morgan fingerprint density at radius 2 is 2.00 bits per heavy atom. The van der Waals surface area contributed by atoms with Crippen molar-refractivity contribution in [3.63, 3.8) is 0 Å². The molecule has 6 atom stereocenters. The molecule has 3 heteroatoms. The van der Waals surface area contributed by atoms with E-state index in [1.54, 1.807) is 0 Å². The monoisotopic (exact) mass is 252 g/mol. The molecule has 0 radical (unpaired) electrons. The standard InChI is InChI=1S/C15H24O3/c1-8(2)10-7-15(4)9(3)12(16)6-5-11(15)14(18)13(10)17/h9-12,14,16,18H,1,5-7H2,2-4H3. The minimum absolute atomic E-state index is 0.0148. The van der Waals surface area contributed by atoms with Crippen LogP contribution in [-0.2, 0) is 4.79 Å². The van der Waals surface area contributed by atoms with E-state index in [1.165, 1.54) is 0 Å². The number of carbonyl (C=O) groups is 1. The average molecular weight is 252 g/mol. The largest absolute Gasteiger partial charge is 0.393 e. The number of aliphatic hydroxyl groups is 2. The zero-order valence-corrected chi connectivity index (χ0v) is 11.5. The lowest BCUT2D eigenvalue weighted by atomic mass is 9.51. The van der Waals surface area contributed by atoms with E-state index >= 15 is 0 Å². The fourth-order valence-corrected chi connectivity index (χ4v) is 3.92. The number of Topliss-reactive ketones (excluding diaryl/α,β-unsaturated/α-hetero) is 1. The summed E-state index contributed by atoms with van der Waals surface area (Å²) in [6.45, 7) is 9.88. The molecule has 0 spiro atoms. The average Bonchev–Trinajstić information content (AvgIpc) is 2.30. The molecular weight excluding hydrogens is 228 g/mol. The van der Waals surface area contributed by atoms with Crippen molar-refractivity contribution < 1.29 is 15.0 Å². The Labute approximate surface area is 109 Å². The first-order chi connectivity index (χ1) is 8.29. The van der Waals surface area contributed by atoms with E-state index in [2.05, 4.69) is 13.5 Å². The second-order valence-corrected chi connectivity index (χ2v) is 6.50. The van der Waals surface area contributed by atoms with Crippen LogP contribution in [0.4, 0.5) is 0 Å². The van der Waals surface area contributed by atoms with Crippen LogP contribution in [0.25, 0.3) is 0 Å². The van der Waals surface area contributed by atoms with Crippen LogP contribution in [0.1, 0.15) is 40.0 Å². The van der Waals surface area contributed by atoms with Gasteiger partial charge in [-0.2, -0.15) is 0 Å². The molecule has 0 saturated heterocycles. The summed E-state index contributed by atoms with van der Waals surface area (Å²) in [5, 5.41) is 20.4. The Bertz CT molecular complexity index is 376. The topological polar surface area (TPSA) is 57.5 Å². The van der Waals surface area contributed by atoms with Crippen molar-refractivity contribution in [2.45, 2.75) is 52.2 Å². The molecule has 102 valence electrons. The number of hydrogen-bond acceptors (Lipinski definition) is 3. The minimum atomic E-state index is -0.889. The van der Waals surface area contributed by atoms with Crippen LogP contribution in [0, 0.1) is 23.2 Å². The lowest BCUT2D eigenvalue weighted by molar-refractivity contribution is -0.160. The highest BCUT2D eigenvalue weighted by molar-refractivity contribution is 5.88. The molecule has 6 unspecified atom stereocenters. The second-order valence-electron chi connectivity index (χ2n) is 6.50. The fourth-order valence-electron chi connectivity index (χ4n) is 3.92. The number of hydrogen-bond donors (Lipinski definition) is 2. The summed E-state index contributed by atoms with van der Waals surface area (Å²) in [6, 6.07) is 0. The lowest BCUT2D eigenvalue weighted by Crippen LogP contribution is -2.57. The molecule has 2 aliphatic carbocycles. The van der Waals surface area contributed by atoms with Crippen molar-refractivity contribution in [3.05, 3.63) is 12.2 Å². The molecule has 0 aliphatic heterocycles. The van der Waals surface area contributed by atoms with Crippen molar-refractivity contribution in [3.8, 4) is 0 Å². The van der Waals surface area contributed by atoms with Gasteiger partial charge in [0.1, 0.15) is 6.10 Å². The van der Waals surface area contributed by atoms with Crippen molar-refractivity contribution in [2.75, 3.05) is 0 Å². The molecule has 2 N–H and O–H groups in total. The van der Waals surface area contributed by atoms with Gasteiger partial charge in [-0.25, -0.2) is 0 Å². The highest BCUT2D eigenvalue weighted by Gasteiger charge is 2.55. The first-order valence-electron chi connectivity index (χ1n) is 6.84. The first-order valence-corrected chi connectivity index (χ1v) is 6.84. The van der Waals surface area contributed by atoms with Crippen LogP contribution in [-0.4, -0.2) is 28.2 Å². The maximum Gasteiger partial charge on any atom is 0.168 e. The quantitative estimate of drug-likeness (QED) is 0.701. The third-order valence-corrected chi connectivity index (χ3v) is 5.49. The van der Waals surface area contributed by atoms with E-state index < -0.39 is 6.10 Å². The highest BCUT2D eigenvalue weighted by atomic mass is 16.3. The second kappa shape index (κ2) is 4.46. The van der Waals surface area contributed by atoms with E-state index in [9.17, 15) is 15.0 Å². The number of rotatable bonds is 1. The summed E-state index contributed by atoms with van der Waals surface area (Å²) in [7, 11) is 0. The number of fused-ring (bicyclic) bond motifs is 1. The molecule has 2 saturated carbocycles. The van der Waals surface area contributed by atoms with Crippen molar-refractivity contribution in [1.29, 1.82) is 0 Å². The van der Waals surface area contributed by atoms with Gasteiger partial charge < -0.3 is 10.2 Å². The number of allylic oxidation sites excluding steroid dienone is 1. The summed E-state index contributed by atoms with van der Waals surface area (Å²) < 4.78 is 0. The molecule has 0 bridgehead atoms. The Morgan fingerprint density at radius 3 is 2.56 bits per heavy atom. The number of aliphatic hydroxyl groups excluding tert-OH is 2. The van der Waals surface area contributed by atoms with E-state index in [-0.39, 0.29) is 35.1 Å². The smallest absolute Gasteiger partial charge is 0.168 e. The summed E-state index contributed by atoms with van der Waals surface area (Å²) in [6.07, 6.45) is 0.917. The van der Waals surface area contributed by atoms with Crippen LogP contribution in [0.15, 0.2) is 12.2 Å². The van der Waals surface area contributed by atoms with Crippen molar-refractivity contribution >= 4 is 5.78 Å². The molecule has 2 fully saturated rings. The summed E-state index contributed by atoms with van der Waals surface area (Å²) >= 11 is 0. The van der Waals surface area contributed by atoms with Gasteiger partial charge in [0, 0.05) is 5.92 Å². The van der Waals surface area contributed by atoms with Gasteiger partial charge in [-0.15, -0.1) is 0 Å². The predicted molar refractivity (Wildman–Crippen MR) is 69.9 cm³/mol. The SMILES string of the molecule is C=C(C)C1CC2(C)C(C)C(O)CCC2C(O)C1=O. The van der Waals surface area contributed by atoms with E-state index in [0.29, 0.717) is 12.8 Å². The molecule has 2 rings (SSSR count). The van der Waals surface area contributed by atoms with Crippen molar-refractivity contribution in [1.82, 2.24) is 0 Å². The zero-order valence-electron chi connectivity index (χ0n) is 11.5. The molecule has 0 heterocycles. The van der Waals surface area contributed by atoms with Gasteiger partial charge in [0.2, 0.25) is 0 Å². The van der Waals surface area contributed by atoms with Gasteiger partial charge in [0.15, 0.2) is 5.78 Å². The van der Waals surface area contributed by atoms with Gasteiger partial charge in [0.25, 0.3) is 0 Å². The molecule has 0 aromatic carbocycles. The fraction of sp³-hybridized carbons (Fsp3) is 0.800. The van der Waals surface area contributed by atoms with Crippen LogP contribution in [0.3, 0.4) is 0 Å². The Kier molecular flexibility index (Phi) is 3.41. The van der Waals surface area contributed by atoms with Crippen LogP contribution < -0.4 is 0 Å². The molecule has 0 amide bonds. The van der Waals surface area contributed by atoms with E-state index in [0.717, 1.165) is 12.0 Å². The lowest BCUT2D eigenvalue weighted by Gasteiger charge is -2.54. The molecule has 0 aromatic heterocycles. The normalized spacial score (nSPS) is 48.7. The third kappa shape index (κ3) is 1.84. The molecule has 18 heavy (non-hydrogen) atoms. The Hall–Kier alpha value is -0.670. The summed E-state index contributed by atoms with van der Waals surface area (Å²) in [4.78, 5) is 12.2. The minimum Gasteiger partial charge on any atom is -0.393 e. The van der Waals surface area contributed by atoms with Gasteiger partial charge in [-0.1, -0.05) is 26.0 Å². The maximum atomic E-state index is 12.2. The first kappa shape index (κ1) is 13.8. The Morgan fingerprint density at radius 1 is 1.39 bits per heavy atom.